The van der Waals surface area contributed by atoms with Crippen molar-refractivity contribution in [3.05, 3.63) is 52.5 Å². The molecule has 2 unspecified atom stereocenters. The van der Waals surface area contributed by atoms with Gasteiger partial charge in [-0.15, -0.1) is 0 Å². The second-order valence-electron chi connectivity index (χ2n) is 13.0. The van der Waals surface area contributed by atoms with Gasteiger partial charge in [-0.2, -0.15) is 0 Å². The SMILES string of the molecule is CCCCCCCCCCOC(=O)c1ccc(Cl)c(NC(=O)C2CCCCCC2=O)c1.COc1ccc(C)cc1NC(=O)C1CCCC1=O. The molecule has 268 valence electrons. The highest BCUT2D eigenvalue weighted by molar-refractivity contribution is 6.34. The number of hydrogen-bond acceptors (Lipinski definition) is 7. The van der Waals surface area contributed by atoms with Gasteiger partial charge in [0.15, 0.2) is 0 Å². The first kappa shape index (κ1) is 39.7. The summed E-state index contributed by atoms with van der Waals surface area (Å²) in [6.07, 6.45) is 15.1. The lowest BCUT2D eigenvalue weighted by atomic mass is 9.98. The molecule has 2 N–H and O–H groups in total. The van der Waals surface area contributed by atoms with Crippen molar-refractivity contribution in [1.29, 1.82) is 0 Å². The standard InChI is InChI=1S/C25H36ClNO4.C14H17NO3/c1-2-3-4-5-6-7-8-12-17-31-25(30)19-15-16-21(26)22(18-19)27-24(29)20-13-10-9-11-14-23(20)28;1-9-6-7-13(18-2)11(8-9)15-14(17)10-4-3-5-12(10)16/h15-16,18,20H,2-14,17H2,1H3,(H,27,29);6-8,10H,3-5H2,1-2H3,(H,15,17). The van der Waals surface area contributed by atoms with Gasteiger partial charge >= 0.3 is 5.97 Å². The molecule has 49 heavy (non-hydrogen) atoms. The van der Waals surface area contributed by atoms with Gasteiger partial charge in [0.2, 0.25) is 11.8 Å². The van der Waals surface area contributed by atoms with E-state index in [-0.39, 0.29) is 23.4 Å². The number of amides is 2. The molecule has 0 radical (unpaired) electrons. The number of rotatable bonds is 15. The Balaban J connectivity index is 0.000000305. The number of anilines is 2. The van der Waals surface area contributed by atoms with E-state index in [4.69, 9.17) is 21.1 Å². The van der Waals surface area contributed by atoms with Crippen molar-refractivity contribution >= 4 is 52.3 Å². The Hall–Kier alpha value is -3.72. The fourth-order valence-corrected chi connectivity index (χ4v) is 6.29. The largest absolute Gasteiger partial charge is 0.495 e. The lowest BCUT2D eigenvalue weighted by molar-refractivity contribution is -0.132. The Morgan fingerprint density at radius 1 is 0.755 bits per heavy atom. The Kier molecular flexibility index (Phi) is 17.3. The first-order chi connectivity index (χ1) is 23.6. The summed E-state index contributed by atoms with van der Waals surface area (Å²) in [5.74, 6) is -1.50. The molecule has 0 aliphatic heterocycles. The molecule has 0 aromatic heterocycles. The van der Waals surface area contributed by atoms with Crippen molar-refractivity contribution in [2.75, 3.05) is 24.4 Å². The van der Waals surface area contributed by atoms with Gasteiger partial charge in [-0.3, -0.25) is 19.2 Å². The van der Waals surface area contributed by atoms with E-state index in [1.165, 1.54) is 38.2 Å². The lowest BCUT2D eigenvalue weighted by Crippen LogP contribution is -2.29. The van der Waals surface area contributed by atoms with E-state index in [1.807, 2.05) is 19.1 Å². The van der Waals surface area contributed by atoms with E-state index >= 15 is 0 Å². The molecule has 2 amide bonds. The van der Waals surface area contributed by atoms with E-state index in [1.54, 1.807) is 25.3 Å². The summed E-state index contributed by atoms with van der Waals surface area (Å²) in [6, 6.07) is 10.2. The van der Waals surface area contributed by atoms with Crippen LogP contribution in [0.3, 0.4) is 0 Å². The number of esters is 1. The van der Waals surface area contributed by atoms with Crippen molar-refractivity contribution in [3.63, 3.8) is 0 Å². The van der Waals surface area contributed by atoms with Crippen molar-refractivity contribution in [2.24, 2.45) is 11.8 Å². The van der Waals surface area contributed by atoms with Crippen molar-refractivity contribution < 1.29 is 33.4 Å². The predicted molar refractivity (Wildman–Crippen MR) is 193 cm³/mol. The molecule has 2 aliphatic rings. The van der Waals surface area contributed by atoms with Gasteiger partial charge in [0, 0.05) is 12.8 Å². The van der Waals surface area contributed by atoms with Gasteiger partial charge in [-0.05, 0) is 74.9 Å². The van der Waals surface area contributed by atoms with Crippen LogP contribution < -0.4 is 15.4 Å². The number of ether oxygens (including phenoxy) is 2. The maximum Gasteiger partial charge on any atom is 0.338 e. The third-order valence-corrected chi connectivity index (χ3v) is 9.38. The number of halogens is 1. The summed E-state index contributed by atoms with van der Waals surface area (Å²) in [4.78, 5) is 60.7. The van der Waals surface area contributed by atoms with E-state index < -0.39 is 17.8 Å². The van der Waals surface area contributed by atoms with Crippen LogP contribution in [-0.4, -0.2) is 43.1 Å². The van der Waals surface area contributed by atoms with Gasteiger partial charge in [-0.1, -0.05) is 82.4 Å². The Morgan fingerprint density at radius 3 is 2.00 bits per heavy atom. The van der Waals surface area contributed by atoms with Crippen LogP contribution in [0.1, 0.15) is 126 Å². The van der Waals surface area contributed by atoms with E-state index in [0.29, 0.717) is 60.0 Å². The average Bonchev–Trinajstić information content (AvgIpc) is 3.40. The van der Waals surface area contributed by atoms with Gasteiger partial charge in [0.05, 0.1) is 47.5 Å². The van der Waals surface area contributed by atoms with Crippen LogP contribution in [0.4, 0.5) is 11.4 Å². The fourth-order valence-electron chi connectivity index (χ4n) is 6.12. The number of Topliss-reactive ketones (excluding diaryl/α,β-unsaturated/α-hetero) is 2. The molecule has 0 bridgehead atoms. The van der Waals surface area contributed by atoms with Crippen LogP contribution in [0, 0.1) is 18.8 Å². The van der Waals surface area contributed by atoms with Crippen LogP contribution in [0.15, 0.2) is 36.4 Å². The zero-order valence-electron chi connectivity index (χ0n) is 29.4. The Labute approximate surface area is 296 Å². The molecule has 9 nitrogen and oxygen atoms in total. The lowest BCUT2D eigenvalue weighted by Gasteiger charge is -2.15. The number of hydrogen-bond donors (Lipinski definition) is 2. The highest BCUT2D eigenvalue weighted by Crippen LogP contribution is 2.29. The molecule has 4 rings (SSSR count). The number of ketones is 2. The Morgan fingerprint density at radius 2 is 1.37 bits per heavy atom. The van der Waals surface area contributed by atoms with Crippen LogP contribution >= 0.6 is 11.6 Å². The van der Waals surface area contributed by atoms with E-state index in [2.05, 4.69) is 17.6 Å². The third kappa shape index (κ3) is 13.3. The summed E-state index contributed by atoms with van der Waals surface area (Å²) in [5, 5.41) is 5.86. The summed E-state index contributed by atoms with van der Waals surface area (Å²) < 4.78 is 10.6. The first-order valence-corrected chi connectivity index (χ1v) is 18.3. The molecule has 2 aromatic carbocycles. The maximum absolute atomic E-state index is 12.6. The molecule has 2 saturated carbocycles. The molecular weight excluding hydrogens is 644 g/mol. The molecule has 2 aromatic rings. The molecule has 0 saturated heterocycles. The number of carbonyl (C=O) groups is 5. The molecular formula is C39H53ClN2O7. The van der Waals surface area contributed by atoms with Crippen LogP contribution in [0.25, 0.3) is 0 Å². The van der Waals surface area contributed by atoms with Crippen LogP contribution in [0.5, 0.6) is 5.75 Å². The van der Waals surface area contributed by atoms with Gasteiger partial charge in [0.25, 0.3) is 0 Å². The summed E-state index contributed by atoms with van der Waals surface area (Å²) >= 11 is 6.21. The normalized spacial score (nSPS) is 17.4. The number of benzene rings is 2. The monoisotopic (exact) mass is 696 g/mol. The minimum Gasteiger partial charge on any atom is -0.495 e. The van der Waals surface area contributed by atoms with E-state index in [9.17, 15) is 24.0 Å². The maximum atomic E-state index is 12.6. The van der Waals surface area contributed by atoms with Crippen LogP contribution in [-0.2, 0) is 23.9 Å². The minimum atomic E-state index is -0.642. The Bertz CT molecular complexity index is 1430. The highest BCUT2D eigenvalue weighted by atomic mass is 35.5. The minimum absolute atomic E-state index is 0.0212. The molecule has 2 atom stereocenters. The second kappa shape index (κ2) is 21.4. The smallest absolute Gasteiger partial charge is 0.338 e. The number of methoxy groups -OCH3 is 1. The summed E-state index contributed by atoms with van der Waals surface area (Å²) in [6.45, 7) is 4.54. The topological polar surface area (TPSA) is 128 Å². The predicted octanol–water partition coefficient (Wildman–Crippen LogP) is 9.04. The first-order valence-electron chi connectivity index (χ1n) is 17.9. The molecule has 0 heterocycles. The number of carbonyl (C=O) groups excluding carboxylic acids is 5. The number of nitrogens with one attached hydrogen (secondary N) is 2. The summed E-state index contributed by atoms with van der Waals surface area (Å²) in [7, 11) is 1.56. The van der Waals surface area contributed by atoms with Gasteiger partial charge in [0.1, 0.15) is 17.3 Å². The van der Waals surface area contributed by atoms with Crippen molar-refractivity contribution in [1.82, 2.24) is 0 Å². The van der Waals surface area contributed by atoms with Crippen LogP contribution in [0.2, 0.25) is 5.02 Å². The average molecular weight is 697 g/mol. The number of unbranched alkanes of at least 4 members (excludes halogenated alkanes) is 7. The third-order valence-electron chi connectivity index (χ3n) is 9.05. The highest BCUT2D eigenvalue weighted by Gasteiger charge is 2.31. The zero-order chi connectivity index (χ0) is 35.6. The van der Waals surface area contributed by atoms with Crippen molar-refractivity contribution in [2.45, 2.75) is 117 Å². The quantitative estimate of drug-likeness (QED) is 0.0823. The zero-order valence-corrected chi connectivity index (χ0v) is 30.1. The fraction of sp³-hybridized carbons (Fsp3) is 0.564. The van der Waals surface area contributed by atoms with Crippen molar-refractivity contribution in [3.8, 4) is 5.75 Å². The van der Waals surface area contributed by atoms with E-state index in [0.717, 1.165) is 50.5 Å². The summed E-state index contributed by atoms with van der Waals surface area (Å²) in [5.41, 5.74) is 2.34. The van der Waals surface area contributed by atoms with Gasteiger partial charge in [-0.25, -0.2) is 4.79 Å². The molecule has 2 fully saturated rings. The molecule has 0 spiro atoms. The second-order valence-corrected chi connectivity index (χ2v) is 13.4. The van der Waals surface area contributed by atoms with Gasteiger partial charge < -0.3 is 20.1 Å². The number of aryl methyl sites for hydroxylation is 1. The molecule has 2 aliphatic carbocycles. The molecule has 10 heteroatoms.